The summed E-state index contributed by atoms with van der Waals surface area (Å²) in [6.07, 6.45) is 0. The van der Waals surface area contributed by atoms with E-state index in [1.54, 1.807) is 13.8 Å². The van der Waals surface area contributed by atoms with Crippen LogP contribution in [-0.4, -0.2) is 10.5 Å². The van der Waals surface area contributed by atoms with Crippen LogP contribution in [0.2, 0.25) is 0 Å². The van der Waals surface area contributed by atoms with Gasteiger partial charge in [-0.2, -0.15) is 4.79 Å². The van der Waals surface area contributed by atoms with Crippen LogP contribution in [0.1, 0.15) is 13.8 Å². The van der Waals surface area contributed by atoms with Gasteiger partial charge in [-0.15, -0.1) is 0 Å². The van der Waals surface area contributed by atoms with Crippen LogP contribution < -0.4 is 0 Å². The summed E-state index contributed by atoms with van der Waals surface area (Å²) in [6.45, 7) is 3.32. The minimum atomic E-state index is 0.447. The standard InChI is InChI=1S/C5H6N2/c1-3-4-5(2)7-6/h1-2H3. The first-order chi connectivity index (χ1) is 3.31. The van der Waals surface area contributed by atoms with Crippen LogP contribution >= 0.6 is 0 Å². The molecule has 2 heteroatoms. The lowest BCUT2D eigenvalue weighted by Crippen LogP contribution is -1.82. The van der Waals surface area contributed by atoms with Crippen molar-refractivity contribution in [3.8, 4) is 11.8 Å². The lowest BCUT2D eigenvalue weighted by atomic mass is 10.4. The first-order valence-corrected chi connectivity index (χ1v) is 1.92. The van der Waals surface area contributed by atoms with Crippen LogP contribution in [0.3, 0.4) is 0 Å². The van der Waals surface area contributed by atoms with Crippen molar-refractivity contribution in [2.75, 3.05) is 0 Å². The van der Waals surface area contributed by atoms with Crippen molar-refractivity contribution in [3.63, 3.8) is 0 Å². The van der Waals surface area contributed by atoms with E-state index in [-0.39, 0.29) is 0 Å². The Hall–Kier alpha value is -1.06. The molecule has 0 aliphatic carbocycles. The predicted octanol–water partition coefficient (Wildman–Crippen LogP) is 0.700. The Balaban J connectivity index is 4.02. The van der Waals surface area contributed by atoms with Crippen molar-refractivity contribution in [3.05, 3.63) is 5.53 Å². The van der Waals surface area contributed by atoms with Gasteiger partial charge in [-0.3, -0.25) is 0 Å². The lowest BCUT2D eigenvalue weighted by molar-refractivity contribution is -0.00309. The van der Waals surface area contributed by atoms with Crippen molar-refractivity contribution in [2.45, 2.75) is 13.8 Å². The molecular formula is C5H6N2. The number of rotatable bonds is 0. The molecule has 0 fully saturated rings. The zero-order valence-electron chi connectivity index (χ0n) is 4.39. The van der Waals surface area contributed by atoms with Gasteiger partial charge in [0.05, 0.1) is 0 Å². The fourth-order valence-corrected chi connectivity index (χ4v) is 0.206. The third kappa shape index (κ3) is 2.75. The molecule has 0 aliphatic rings. The molecule has 2 nitrogen and oxygen atoms in total. The van der Waals surface area contributed by atoms with E-state index in [9.17, 15) is 0 Å². The molecule has 0 aliphatic heterocycles. The Morgan fingerprint density at radius 2 is 2.29 bits per heavy atom. The maximum Gasteiger partial charge on any atom is 0.338 e. The van der Waals surface area contributed by atoms with E-state index in [0.29, 0.717) is 5.71 Å². The predicted molar refractivity (Wildman–Crippen MR) is 27.8 cm³/mol. The third-order valence-corrected chi connectivity index (χ3v) is 0.456. The second kappa shape index (κ2) is 3.14. The van der Waals surface area contributed by atoms with Gasteiger partial charge in [0, 0.05) is 12.8 Å². The molecule has 0 aromatic rings. The maximum absolute atomic E-state index is 7.95. The molecule has 0 N–H and O–H groups in total. The Morgan fingerprint density at radius 1 is 1.71 bits per heavy atom. The maximum atomic E-state index is 7.95. The molecule has 0 rings (SSSR count). The van der Waals surface area contributed by atoms with Crippen molar-refractivity contribution in [2.24, 2.45) is 0 Å². The van der Waals surface area contributed by atoms with Crippen molar-refractivity contribution in [1.82, 2.24) is 0 Å². The highest BCUT2D eigenvalue weighted by Crippen LogP contribution is 1.58. The average Bonchev–Trinajstić information content (AvgIpc) is 1.68. The summed E-state index contributed by atoms with van der Waals surface area (Å²) in [5.74, 6) is 5.12. The van der Waals surface area contributed by atoms with Crippen molar-refractivity contribution >= 4 is 5.71 Å². The van der Waals surface area contributed by atoms with Crippen molar-refractivity contribution in [1.29, 1.82) is 0 Å². The molecule has 0 radical (unpaired) electrons. The van der Waals surface area contributed by atoms with Gasteiger partial charge in [-0.25, -0.2) is 0 Å². The van der Waals surface area contributed by atoms with Gasteiger partial charge < -0.3 is 5.53 Å². The molecule has 0 aromatic carbocycles. The summed E-state index contributed by atoms with van der Waals surface area (Å²) < 4.78 is 0. The monoisotopic (exact) mass is 94.1 g/mol. The minimum Gasteiger partial charge on any atom is -0.360 e. The van der Waals surface area contributed by atoms with Gasteiger partial charge in [-0.1, -0.05) is 5.92 Å². The van der Waals surface area contributed by atoms with Crippen LogP contribution in [-0.2, 0) is 0 Å². The number of nitrogens with zero attached hydrogens (tertiary/aromatic N) is 2. The molecule has 0 unspecified atom stereocenters. The summed E-state index contributed by atoms with van der Waals surface area (Å²) in [6, 6.07) is 0. The molecule has 7 heavy (non-hydrogen) atoms. The van der Waals surface area contributed by atoms with E-state index in [4.69, 9.17) is 5.53 Å². The van der Waals surface area contributed by atoms with E-state index in [1.807, 2.05) is 0 Å². The zero-order valence-corrected chi connectivity index (χ0v) is 4.39. The summed E-state index contributed by atoms with van der Waals surface area (Å²) >= 11 is 0. The topological polar surface area (TPSA) is 36.4 Å². The molecule has 0 saturated carbocycles. The largest absolute Gasteiger partial charge is 0.360 e. The van der Waals surface area contributed by atoms with Gasteiger partial charge in [0.25, 0.3) is 0 Å². The van der Waals surface area contributed by atoms with Crippen LogP contribution in [0.5, 0.6) is 0 Å². The van der Waals surface area contributed by atoms with Crippen LogP contribution in [0.15, 0.2) is 0 Å². The fourth-order valence-electron chi connectivity index (χ4n) is 0.206. The minimum absolute atomic E-state index is 0.447. The highest BCUT2D eigenvalue weighted by molar-refractivity contribution is 5.93. The second-order valence-electron chi connectivity index (χ2n) is 1.06. The highest BCUT2D eigenvalue weighted by atomic mass is 14.8. The smallest absolute Gasteiger partial charge is 0.338 e. The molecule has 0 atom stereocenters. The normalized spacial score (nSPS) is 5.43. The van der Waals surface area contributed by atoms with Crippen molar-refractivity contribution < 1.29 is 4.79 Å². The number of hydrogen-bond donors (Lipinski definition) is 0. The van der Waals surface area contributed by atoms with E-state index in [2.05, 4.69) is 16.6 Å². The van der Waals surface area contributed by atoms with E-state index >= 15 is 0 Å². The third-order valence-electron chi connectivity index (χ3n) is 0.456. The molecule has 0 bridgehead atoms. The Morgan fingerprint density at radius 3 is 2.43 bits per heavy atom. The zero-order chi connectivity index (χ0) is 5.70. The van der Waals surface area contributed by atoms with Gasteiger partial charge in [0.15, 0.2) is 0 Å². The van der Waals surface area contributed by atoms with E-state index in [1.165, 1.54) is 0 Å². The summed E-state index contributed by atoms with van der Waals surface area (Å²) in [7, 11) is 0. The second-order valence-corrected chi connectivity index (χ2v) is 1.06. The van der Waals surface area contributed by atoms with Gasteiger partial charge in [-0.05, 0) is 6.92 Å². The molecule has 36 valence electrons. The number of hydrogen-bond acceptors (Lipinski definition) is 0. The Kier molecular flexibility index (Phi) is 2.67. The van der Waals surface area contributed by atoms with E-state index < -0.39 is 0 Å². The van der Waals surface area contributed by atoms with Crippen LogP contribution in [0.25, 0.3) is 5.53 Å². The summed E-state index contributed by atoms with van der Waals surface area (Å²) in [5.41, 5.74) is 8.40. The molecule has 0 spiro atoms. The molecular weight excluding hydrogens is 88.1 g/mol. The molecule has 0 heterocycles. The van der Waals surface area contributed by atoms with Gasteiger partial charge >= 0.3 is 5.71 Å². The highest BCUT2D eigenvalue weighted by Gasteiger charge is 1.83. The fraction of sp³-hybridized carbons (Fsp3) is 0.400. The summed E-state index contributed by atoms with van der Waals surface area (Å²) in [5, 5.41) is 0. The molecule has 0 saturated heterocycles. The SMILES string of the molecule is CC#CC(C)=[N+]=[N-]. The van der Waals surface area contributed by atoms with Crippen LogP contribution in [0.4, 0.5) is 0 Å². The molecule has 0 aromatic heterocycles. The average molecular weight is 94.1 g/mol. The lowest BCUT2D eigenvalue weighted by Gasteiger charge is -1.59. The first-order valence-electron chi connectivity index (χ1n) is 1.92. The summed E-state index contributed by atoms with van der Waals surface area (Å²) in [4.78, 5) is 2.82. The van der Waals surface area contributed by atoms with Gasteiger partial charge in [0.2, 0.25) is 0 Å². The van der Waals surface area contributed by atoms with Crippen LogP contribution in [0, 0.1) is 11.8 Å². The Bertz CT molecular complexity index is 153. The Labute approximate surface area is 42.8 Å². The first kappa shape index (κ1) is 5.94. The quantitative estimate of drug-likeness (QED) is 0.183. The van der Waals surface area contributed by atoms with E-state index in [0.717, 1.165) is 0 Å². The molecule has 0 amide bonds. The van der Waals surface area contributed by atoms with Gasteiger partial charge in [0.1, 0.15) is 0 Å².